The molecule has 0 aromatic heterocycles. The third-order valence-corrected chi connectivity index (χ3v) is 18.7. The van der Waals surface area contributed by atoms with Crippen LogP contribution in [0.3, 0.4) is 0 Å². The molecule has 0 aromatic rings. The molecule has 0 spiro atoms. The summed E-state index contributed by atoms with van der Waals surface area (Å²) in [6.07, 6.45) is 5.48. The van der Waals surface area contributed by atoms with E-state index in [0.29, 0.717) is 25.7 Å². The number of rotatable bonds is 12. The van der Waals surface area contributed by atoms with Gasteiger partial charge in [0.15, 0.2) is 0 Å². The van der Waals surface area contributed by atoms with E-state index in [2.05, 4.69) is 0 Å². The second kappa shape index (κ2) is 11.3. The summed E-state index contributed by atoms with van der Waals surface area (Å²) >= 11 is -4.01. The van der Waals surface area contributed by atoms with E-state index in [1.54, 1.807) is 0 Å². The molecule has 0 rings (SSSR count). The fraction of sp³-hybridized carbons (Fsp3) is 1.00. The molecular weight excluding hydrogens is 347 g/mol. The van der Waals surface area contributed by atoms with Gasteiger partial charge >= 0.3 is 135 Å². The average molecular weight is 384 g/mol. The van der Waals surface area contributed by atoms with Crippen molar-refractivity contribution in [3.63, 3.8) is 0 Å². The molecular formula is C16H36O4Zr. The van der Waals surface area contributed by atoms with Crippen LogP contribution in [-0.2, 0) is 20.3 Å². The SMILES string of the molecule is CCC[CH](O)[Zr]([CH](O)CCC)([CH](O)CCC)[CH](O)CCC. The first-order valence-corrected chi connectivity index (χ1v) is 14.3. The van der Waals surface area contributed by atoms with Gasteiger partial charge in [-0.05, 0) is 0 Å². The summed E-state index contributed by atoms with van der Waals surface area (Å²) in [7, 11) is 0. The Kier molecular flexibility index (Phi) is 11.7. The summed E-state index contributed by atoms with van der Waals surface area (Å²) in [5.41, 5.74) is 0. The molecule has 0 fully saturated rings. The molecule has 5 heteroatoms. The summed E-state index contributed by atoms with van der Waals surface area (Å²) in [5.74, 6) is 0. The Morgan fingerprint density at radius 2 is 0.714 bits per heavy atom. The van der Waals surface area contributed by atoms with Crippen molar-refractivity contribution in [2.24, 2.45) is 0 Å². The molecule has 0 aliphatic heterocycles. The van der Waals surface area contributed by atoms with Crippen LogP contribution in [0.25, 0.3) is 0 Å². The Balaban J connectivity index is 5.67. The summed E-state index contributed by atoms with van der Waals surface area (Å²) in [4.78, 5) is 0. The molecule has 0 heterocycles. The van der Waals surface area contributed by atoms with Crippen molar-refractivity contribution in [3.8, 4) is 0 Å². The van der Waals surface area contributed by atoms with Crippen molar-refractivity contribution in [3.05, 3.63) is 0 Å². The van der Waals surface area contributed by atoms with Crippen molar-refractivity contribution in [2.75, 3.05) is 0 Å². The third-order valence-electron chi connectivity index (χ3n) is 4.56. The van der Waals surface area contributed by atoms with Crippen LogP contribution >= 0.6 is 0 Å². The van der Waals surface area contributed by atoms with Crippen LogP contribution in [0, 0.1) is 0 Å². The van der Waals surface area contributed by atoms with Gasteiger partial charge in [0.1, 0.15) is 0 Å². The summed E-state index contributed by atoms with van der Waals surface area (Å²) in [5, 5.41) is 43.1. The topological polar surface area (TPSA) is 80.9 Å². The predicted octanol–water partition coefficient (Wildman–Crippen LogP) is 2.61. The number of aliphatic hydroxyl groups excluding tert-OH is 4. The fourth-order valence-corrected chi connectivity index (χ4v) is 17.7. The van der Waals surface area contributed by atoms with Gasteiger partial charge in [0.2, 0.25) is 0 Å². The molecule has 4 N–H and O–H groups in total. The van der Waals surface area contributed by atoms with Crippen LogP contribution < -0.4 is 0 Å². The van der Waals surface area contributed by atoms with E-state index < -0.39 is 35.5 Å². The van der Waals surface area contributed by atoms with Crippen molar-refractivity contribution in [1.29, 1.82) is 0 Å². The van der Waals surface area contributed by atoms with Gasteiger partial charge in [-0.15, -0.1) is 0 Å². The van der Waals surface area contributed by atoms with Gasteiger partial charge in [-0.1, -0.05) is 0 Å². The first-order valence-electron chi connectivity index (χ1n) is 8.65. The van der Waals surface area contributed by atoms with E-state index in [0.717, 1.165) is 25.7 Å². The molecule has 0 aromatic carbocycles. The normalized spacial score (nSPS) is 20.6. The third kappa shape index (κ3) is 5.39. The van der Waals surface area contributed by atoms with Crippen molar-refractivity contribution < 1.29 is 40.7 Å². The standard InChI is InChI=1S/4C4H9O.Zr/c4*1-2-3-4-5;/h4*4-5H,2-3H2,1H3;. The van der Waals surface area contributed by atoms with Crippen LogP contribution in [0.1, 0.15) is 79.1 Å². The van der Waals surface area contributed by atoms with E-state index in [9.17, 15) is 20.4 Å². The minimum atomic E-state index is -4.01. The monoisotopic (exact) mass is 382 g/mol. The van der Waals surface area contributed by atoms with Gasteiger partial charge in [0.25, 0.3) is 0 Å². The van der Waals surface area contributed by atoms with Crippen molar-refractivity contribution in [2.45, 2.75) is 94.3 Å². The van der Waals surface area contributed by atoms with E-state index in [1.807, 2.05) is 27.7 Å². The second-order valence-electron chi connectivity index (χ2n) is 6.22. The minimum absolute atomic E-state index is 0.568. The van der Waals surface area contributed by atoms with Crippen LogP contribution in [0.4, 0.5) is 0 Å². The van der Waals surface area contributed by atoms with Crippen molar-refractivity contribution >= 4 is 0 Å². The molecule has 4 nitrogen and oxygen atoms in total. The van der Waals surface area contributed by atoms with E-state index >= 15 is 0 Å². The Hall–Kier alpha value is 0.723. The van der Waals surface area contributed by atoms with Crippen LogP contribution in [0.5, 0.6) is 0 Å². The molecule has 0 aliphatic rings. The second-order valence-corrected chi connectivity index (χ2v) is 17.7. The van der Waals surface area contributed by atoms with E-state index in [1.165, 1.54) is 0 Å². The Labute approximate surface area is 135 Å². The predicted molar refractivity (Wildman–Crippen MR) is 83.7 cm³/mol. The zero-order valence-electron chi connectivity index (χ0n) is 14.3. The van der Waals surface area contributed by atoms with Gasteiger partial charge in [0.05, 0.1) is 0 Å². The maximum absolute atomic E-state index is 10.8. The number of hydrogen-bond donors (Lipinski definition) is 4. The van der Waals surface area contributed by atoms with E-state index in [-0.39, 0.29) is 0 Å². The van der Waals surface area contributed by atoms with Crippen molar-refractivity contribution in [1.82, 2.24) is 0 Å². The summed E-state index contributed by atoms with van der Waals surface area (Å²) < 4.78 is -2.74. The van der Waals surface area contributed by atoms with Gasteiger partial charge in [-0.2, -0.15) is 0 Å². The van der Waals surface area contributed by atoms with Crippen LogP contribution in [-0.4, -0.2) is 35.7 Å². The zero-order valence-corrected chi connectivity index (χ0v) is 16.7. The quantitative estimate of drug-likeness (QED) is 0.418. The molecule has 21 heavy (non-hydrogen) atoms. The molecule has 0 aliphatic carbocycles. The molecule has 4 atom stereocenters. The first kappa shape index (κ1) is 21.7. The Morgan fingerprint density at radius 1 is 0.524 bits per heavy atom. The molecule has 0 amide bonds. The molecule has 128 valence electrons. The van der Waals surface area contributed by atoms with Crippen LogP contribution in [0.2, 0.25) is 0 Å². The van der Waals surface area contributed by atoms with Crippen LogP contribution in [0.15, 0.2) is 0 Å². The average Bonchev–Trinajstić information content (AvgIpc) is 2.40. The molecule has 0 radical (unpaired) electrons. The fourth-order valence-electron chi connectivity index (χ4n) is 3.43. The van der Waals surface area contributed by atoms with Gasteiger partial charge in [0, 0.05) is 0 Å². The molecule has 0 saturated carbocycles. The Bertz CT molecular complexity index is 209. The molecule has 0 bridgehead atoms. The van der Waals surface area contributed by atoms with Gasteiger partial charge in [-0.25, -0.2) is 0 Å². The Morgan fingerprint density at radius 3 is 0.857 bits per heavy atom. The number of aliphatic hydroxyl groups is 4. The van der Waals surface area contributed by atoms with Gasteiger partial charge < -0.3 is 0 Å². The van der Waals surface area contributed by atoms with Gasteiger partial charge in [-0.3, -0.25) is 0 Å². The molecule has 4 unspecified atom stereocenters. The van der Waals surface area contributed by atoms with E-state index in [4.69, 9.17) is 0 Å². The summed E-state index contributed by atoms with van der Waals surface area (Å²) in [6, 6.07) is 0. The number of hydrogen-bond acceptors (Lipinski definition) is 4. The zero-order chi connectivity index (χ0) is 16.5. The molecule has 0 saturated heterocycles. The summed E-state index contributed by atoms with van der Waals surface area (Å²) in [6.45, 7) is 7.96. The first-order chi connectivity index (χ1) is 9.93. The maximum atomic E-state index is 10.8.